The van der Waals surface area contributed by atoms with Gasteiger partial charge in [-0.1, -0.05) is 11.6 Å². The lowest BCUT2D eigenvalue weighted by Crippen LogP contribution is -2.36. The summed E-state index contributed by atoms with van der Waals surface area (Å²) in [6.07, 6.45) is 4.30. The van der Waals surface area contributed by atoms with E-state index in [9.17, 15) is 4.79 Å². The quantitative estimate of drug-likeness (QED) is 0.858. The van der Waals surface area contributed by atoms with Crippen LogP contribution in [-0.4, -0.2) is 45.9 Å². The molecule has 7 heteroatoms. The third-order valence-electron chi connectivity index (χ3n) is 5.55. The lowest BCUT2D eigenvalue weighted by Gasteiger charge is -2.25. The number of halogens is 1. The number of aromatic nitrogens is 2. The van der Waals surface area contributed by atoms with Gasteiger partial charge in [-0.25, -0.2) is 4.79 Å². The molecule has 1 aromatic heterocycles. The van der Waals surface area contributed by atoms with E-state index in [1.165, 1.54) is 12.8 Å². The van der Waals surface area contributed by atoms with E-state index in [0.717, 1.165) is 37.3 Å². The first-order chi connectivity index (χ1) is 12.3. The zero-order valence-electron chi connectivity index (χ0n) is 15.7. The molecule has 0 radical (unpaired) electrons. The second kappa shape index (κ2) is 6.55. The molecule has 2 heterocycles. The van der Waals surface area contributed by atoms with E-state index < -0.39 is 5.60 Å². The normalized spacial score (nSPS) is 28.2. The molecule has 1 unspecified atom stereocenters. The fourth-order valence-electron chi connectivity index (χ4n) is 4.24. The Hall–Kier alpha value is -1.56. The number of amides is 1. The first-order valence-corrected chi connectivity index (χ1v) is 9.94. The minimum Gasteiger partial charge on any atom is -0.444 e. The maximum atomic E-state index is 12.3. The van der Waals surface area contributed by atoms with Crippen LogP contribution in [0.5, 0.6) is 0 Å². The summed E-state index contributed by atoms with van der Waals surface area (Å²) in [5.74, 6) is 2.44. The summed E-state index contributed by atoms with van der Waals surface area (Å²) in [6, 6.07) is 2.45. The fraction of sp³-hybridized carbons (Fsp3) is 0.737. The van der Waals surface area contributed by atoms with Crippen LogP contribution < -0.4 is 5.32 Å². The standard InChI is InChI=1S/C19H27ClN4O2/c1-19(2,3)26-18(25)24-9-12-6-14(7-13(12)10-24)21-16-8-15(11-4-5-11)17(20)23-22-16/h8,11-14H,4-7,9-10H2,1-3H3,(H,21,22)/t12-,13?,14+/m1/s1. The molecule has 4 rings (SSSR count). The molecule has 0 spiro atoms. The topological polar surface area (TPSA) is 67.3 Å². The van der Waals surface area contributed by atoms with Crippen molar-refractivity contribution in [2.75, 3.05) is 18.4 Å². The predicted octanol–water partition coefficient (Wildman–Crippen LogP) is 4.06. The zero-order valence-corrected chi connectivity index (χ0v) is 16.4. The third-order valence-corrected chi connectivity index (χ3v) is 5.84. The molecule has 3 fully saturated rings. The summed E-state index contributed by atoms with van der Waals surface area (Å²) in [5, 5.41) is 12.4. The van der Waals surface area contributed by atoms with Crippen molar-refractivity contribution in [1.82, 2.24) is 15.1 Å². The van der Waals surface area contributed by atoms with Crippen molar-refractivity contribution in [1.29, 1.82) is 0 Å². The summed E-state index contributed by atoms with van der Waals surface area (Å²) < 4.78 is 5.50. The Bertz CT molecular complexity index is 687. The Morgan fingerprint density at radius 2 is 1.88 bits per heavy atom. The molecule has 3 aliphatic rings. The first-order valence-electron chi connectivity index (χ1n) is 9.56. The van der Waals surface area contributed by atoms with E-state index >= 15 is 0 Å². The van der Waals surface area contributed by atoms with Crippen LogP contribution in [-0.2, 0) is 4.74 Å². The Kier molecular flexibility index (Phi) is 4.49. The van der Waals surface area contributed by atoms with E-state index in [1.54, 1.807) is 0 Å². The molecule has 1 amide bonds. The summed E-state index contributed by atoms with van der Waals surface area (Å²) >= 11 is 6.17. The van der Waals surface area contributed by atoms with Crippen molar-refractivity contribution < 1.29 is 9.53 Å². The van der Waals surface area contributed by atoms with E-state index in [-0.39, 0.29) is 6.09 Å². The first kappa shape index (κ1) is 17.8. The number of hydrogen-bond donors (Lipinski definition) is 1. The van der Waals surface area contributed by atoms with Gasteiger partial charge in [-0.3, -0.25) is 0 Å². The molecule has 1 aliphatic heterocycles. The van der Waals surface area contributed by atoms with Crippen LogP contribution in [0, 0.1) is 11.8 Å². The number of nitrogens with one attached hydrogen (secondary N) is 1. The molecule has 26 heavy (non-hydrogen) atoms. The molecule has 2 aliphatic carbocycles. The van der Waals surface area contributed by atoms with Crippen molar-refractivity contribution in [2.45, 2.75) is 64.0 Å². The van der Waals surface area contributed by atoms with Gasteiger partial charge in [0.2, 0.25) is 0 Å². The molecule has 3 atom stereocenters. The van der Waals surface area contributed by atoms with Crippen molar-refractivity contribution in [3.8, 4) is 0 Å². The molecule has 6 nitrogen and oxygen atoms in total. The number of fused-ring (bicyclic) bond motifs is 1. The number of rotatable bonds is 3. The average Bonchev–Trinajstić information content (AvgIpc) is 3.19. The molecule has 1 aromatic rings. The van der Waals surface area contributed by atoms with E-state index in [0.29, 0.717) is 28.9 Å². The molecule has 142 valence electrons. The van der Waals surface area contributed by atoms with E-state index in [1.807, 2.05) is 25.7 Å². The SMILES string of the molecule is CC(C)(C)OC(=O)N1CC2C[C@@H](Nc3cc(C4CC4)c(Cl)nn3)C[C@@H]2C1. The maximum absolute atomic E-state index is 12.3. The largest absolute Gasteiger partial charge is 0.444 e. The number of nitrogens with zero attached hydrogens (tertiary/aromatic N) is 3. The summed E-state index contributed by atoms with van der Waals surface area (Å²) in [6.45, 7) is 7.30. The molecular weight excluding hydrogens is 352 g/mol. The lowest BCUT2D eigenvalue weighted by atomic mass is 10.0. The third kappa shape index (κ3) is 3.90. The van der Waals surface area contributed by atoms with Gasteiger partial charge in [-0.05, 0) is 75.8 Å². The van der Waals surface area contributed by atoms with Crippen LogP contribution in [0.4, 0.5) is 10.6 Å². The maximum Gasteiger partial charge on any atom is 0.410 e. The second-order valence-electron chi connectivity index (χ2n) is 8.97. The van der Waals surface area contributed by atoms with Crippen molar-refractivity contribution in [3.05, 3.63) is 16.8 Å². The minimum absolute atomic E-state index is 0.186. The van der Waals surface area contributed by atoms with Gasteiger partial charge in [0.15, 0.2) is 5.15 Å². The number of carbonyl (C=O) groups excluding carboxylic acids is 1. The van der Waals surface area contributed by atoms with Crippen LogP contribution in [0.1, 0.15) is 57.9 Å². The fourth-order valence-corrected chi connectivity index (χ4v) is 4.49. The highest BCUT2D eigenvalue weighted by molar-refractivity contribution is 6.30. The Morgan fingerprint density at radius 1 is 1.23 bits per heavy atom. The van der Waals surface area contributed by atoms with Gasteiger partial charge in [0.05, 0.1) is 0 Å². The number of carbonyl (C=O) groups is 1. The second-order valence-corrected chi connectivity index (χ2v) is 9.33. The Labute approximate surface area is 159 Å². The number of ether oxygens (including phenoxy) is 1. The van der Waals surface area contributed by atoms with Gasteiger partial charge in [0.25, 0.3) is 0 Å². The molecule has 1 saturated heterocycles. The van der Waals surface area contributed by atoms with Gasteiger partial charge < -0.3 is 15.0 Å². The van der Waals surface area contributed by atoms with Crippen molar-refractivity contribution >= 4 is 23.5 Å². The van der Waals surface area contributed by atoms with Gasteiger partial charge in [-0.15, -0.1) is 10.2 Å². The highest BCUT2D eigenvalue weighted by Crippen LogP contribution is 2.44. The summed E-state index contributed by atoms with van der Waals surface area (Å²) in [4.78, 5) is 14.1. The zero-order chi connectivity index (χ0) is 18.5. The van der Waals surface area contributed by atoms with Gasteiger partial charge in [-0.2, -0.15) is 0 Å². The minimum atomic E-state index is -0.439. The number of likely N-dealkylation sites (tertiary alicyclic amines) is 1. The van der Waals surface area contributed by atoms with Crippen LogP contribution in [0.3, 0.4) is 0 Å². The van der Waals surface area contributed by atoms with Crippen molar-refractivity contribution in [2.24, 2.45) is 11.8 Å². The van der Waals surface area contributed by atoms with Gasteiger partial charge in [0, 0.05) is 19.1 Å². The van der Waals surface area contributed by atoms with E-state index in [2.05, 4.69) is 21.6 Å². The molecule has 2 saturated carbocycles. The van der Waals surface area contributed by atoms with Crippen LogP contribution in [0.15, 0.2) is 6.07 Å². The highest BCUT2D eigenvalue weighted by Gasteiger charge is 2.43. The number of hydrogen-bond acceptors (Lipinski definition) is 5. The molecular formula is C19H27ClN4O2. The van der Waals surface area contributed by atoms with Crippen LogP contribution >= 0.6 is 11.6 Å². The smallest absolute Gasteiger partial charge is 0.410 e. The Morgan fingerprint density at radius 3 is 2.46 bits per heavy atom. The monoisotopic (exact) mass is 378 g/mol. The lowest BCUT2D eigenvalue weighted by molar-refractivity contribution is 0.0280. The average molecular weight is 379 g/mol. The highest BCUT2D eigenvalue weighted by atomic mass is 35.5. The van der Waals surface area contributed by atoms with Crippen LogP contribution in [0.25, 0.3) is 0 Å². The summed E-state index contributed by atoms with van der Waals surface area (Å²) in [5.41, 5.74) is 0.684. The van der Waals surface area contributed by atoms with E-state index in [4.69, 9.17) is 16.3 Å². The molecule has 0 aromatic carbocycles. The van der Waals surface area contributed by atoms with Gasteiger partial charge in [0.1, 0.15) is 11.4 Å². The number of anilines is 1. The van der Waals surface area contributed by atoms with Crippen molar-refractivity contribution in [3.63, 3.8) is 0 Å². The molecule has 0 bridgehead atoms. The Balaban J connectivity index is 1.32. The van der Waals surface area contributed by atoms with Gasteiger partial charge >= 0.3 is 6.09 Å². The van der Waals surface area contributed by atoms with Crippen LogP contribution in [0.2, 0.25) is 5.15 Å². The molecule has 1 N–H and O–H groups in total. The summed E-state index contributed by atoms with van der Waals surface area (Å²) in [7, 11) is 0. The predicted molar refractivity (Wildman–Crippen MR) is 100 cm³/mol.